The number of benzene rings is 3. The number of sulfone groups is 1. The molecule has 6 nitrogen and oxygen atoms in total. The van der Waals surface area contributed by atoms with Gasteiger partial charge in [-0.25, -0.2) is 8.42 Å². The number of nitrogens with zero attached hydrogens (tertiary/aromatic N) is 2. The zero-order chi connectivity index (χ0) is 25.0. The molecular weight excluding hydrogens is 493 g/mol. The van der Waals surface area contributed by atoms with Crippen molar-refractivity contribution in [2.24, 2.45) is 0 Å². The van der Waals surface area contributed by atoms with Crippen LogP contribution >= 0.6 is 23.2 Å². The van der Waals surface area contributed by atoms with E-state index in [0.717, 1.165) is 17.4 Å². The zero-order valence-corrected chi connectivity index (χ0v) is 21.2. The monoisotopic (exact) mass is 515 g/mol. The Morgan fingerprint density at radius 3 is 2.18 bits per heavy atom. The Kier molecular flexibility index (Phi) is 8.01. The van der Waals surface area contributed by atoms with Crippen molar-refractivity contribution in [3.63, 3.8) is 0 Å². The molecule has 176 valence electrons. The van der Waals surface area contributed by atoms with Crippen molar-refractivity contribution in [2.75, 3.05) is 20.4 Å². The van der Waals surface area contributed by atoms with Crippen LogP contribution in [0.15, 0.2) is 59.5 Å². The topological polar surface area (TPSA) is 90.3 Å². The number of carbonyl (C=O) groups is 1. The fraction of sp³-hybridized carbons (Fsp3) is 0.200. The summed E-state index contributed by atoms with van der Waals surface area (Å²) in [5.41, 5.74) is 3.69. The van der Waals surface area contributed by atoms with Gasteiger partial charge in [0.05, 0.1) is 26.6 Å². The SMILES string of the molecule is CN(C)Cc1ccc(-c2c(Cl)cc(C(=O)NCc3ccc(S(C)(=O)=O)cc3)cc2Cl)cc1C#N. The van der Waals surface area contributed by atoms with E-state index in [0.29, 0.717) is 33.3 Å². The first-order valence-corrected chi connectivity index (χ1v) is 12.9. The van der Waals surface area contributed by atoms with Crippen LogP contribution in [0.3, 0.4) is 0 Å². The van der Waals surface area contributed by atoms with Crippen LogP contribution in [-0.4, -0.2) is 39.6 Å². The molecule has 34 heavy (non-hydrogen) atoms. The Morgan fingerprint density at radius 2 is 1.65 bits per heavy atom. The molecule has 0 aliphatic heterocycles. The summed E-state index contributed by atoms with van der Waals surface area (Å²) >= 11 is 13.0. The first kappa shape index (κ1) is 25.7. The van der Waals surface area contributed by atoms with Gasteiger partial charge in [0.25, 0.3) is 5.91 Å². The Labute approximate surface area is 209 Å². The molecule has 1 amide bonds. The zero-order valence-electron chi connectivity index (χ0n) is 18.9. The van der Waals surface area contributed by atoms with Crippen LogP contribution in [0.4, 0.5) is 0 Å². The lowest BCUT2D eigenvalue weighted by atomic mass is 9.98. The number of amides is 1. The van der Waals surface area contributed by atoms with Crippen LogP contribution < -0.4 is 5.32 Å². The molecule has 0 spiro atoms. The van der Waals surface area contributed by atoms with Crippen molar-refractivity contribution in [2.45, 2.75) is 18.0 Å². The second-order valence-electron chi connectivity index (χ2n) is 8.14. The summed E-state index contributed by atoms with van der Waals surface area (Å²) in [5.74, 6) is -0.374. The Hall–Kier alpha value is -2.89. The third-order valence-corrected chi connectivity index (χ3v) is 6.84. The predicted molar refractivity (Wildman–Crippen MR) is 135 cm³/mol. The van der Waals surface area contributed by atoms with Gasteiger partial charge < -0.3 is 10.2 Å². The number of nitrogens with one attached hydrogen (secondary N) is 1. The molecule has 3 rings (SSSR count). The fourth-order valence-electron chi connectivity index (χ4n) is 3.43. The third kappa shape index (κ3) is 6.16. The van der Waals surface area contributed by atoms with Crippen molar-refractivity contribution in [3.05, 3.63) is 86.9 Å². The highest BCUT2D eigenvalue weighted by Crippen LogP contribution is 2.37. The molecule has 1 N–H and O–H groups in total. The maximum atomic E-state index is 12.7. The second-order valence-corrected chi connectivity index (χ2v) is 11.0. The average molecular weight is 516 g/mol. The molecule has 0 radical (unpaired) electrons. The molecule has 3 aromatic carbocycles. The standard InChI is InChI=1S/C25H23Cl2N3O3S/c1-30(2)15-18-7-6-17(10-20(18)13-28)24-22(26)11-19(12-23(24)27)25(31)29-14-16-4-8-21(9-5-16)34(3,32)33/h4-12H,14-15H2,1-3H3,(H,29,31). The van der Waals surface area contributed by atoms with E-state index in [9.17, 15) is 18.5 Å². The van der Waals surface area contributed by atoms with Crippen LogP contribution in [0.5, 0.6) is 0 Å². The Balaban J connectivity index is 1.80. The van der Waals surface area contributed by atoms with Gasteiger partial charge in [0.1, 0.15) is 0 Å². The molecule has 0 saturated heterocycles. The summed E-state index contributed by atoms with van der Waals surface area (Å²) in [7, 11) is 0.576. The molecule has 9 heteroatoms. The number of nitriles is 1. The molecular formula is C25H23Cl2N3O3S. The van der Waals surface area contributed by atoms with Gasteiger partial charge in [0.15, 0.2) is 9.84 Å². The number of hydrogen-bond donors (Lipinski definition) is 1. The third-order valence-electron chi connectivity index (χ3n) is 5.11. The van der Waals surface area contributed by atoms with Crippen LogP contribution in [-0.2, 0) is 22.9 Å². The van der Waals surface area contributed by atoms with Gasteiger partial charge >= 0.3 is 0 Å². The van der Waals surface area contributed by atoms with Crippen molar-refractivity contribution in [1.82, 2.24) is 10.2 Å². The van der Waals surface area contributed by atoms with Crippen LogP contribution in [0.1, 0.15) is 27.0 Å². The van der Waals surface area contributed by atoms with Gasteiger partial charge in [-0.1, -0.05) is 47.5 Å². The number of carbonyl (C=O) groups excluding carboxylic acids is 1. The fourth-order valence-corrected chi connectivity index (χ4v) is 4.77. The number of halogens is 2. The van der Waals surface area contributed by atoms with Crippen molar-refractivity contribution < 1.29 is 13.2 Å². The molecule has 0 aliphatic rings. The average Bonchev–Trinajstić information content (AvgIpc) is 2.77. The van der Waals surface area contributed by atoms with E-state index in [4.69, 9.17) is 23.2 Å². The number of hydrogen-bond acceptors (Lipinski definition) is 5. The van der Waals surface area contributed by atoms with E-state index in [1.165, 1.54) is 24.3 Å². The highest BCUT2D eigenvalue weighted by Gasteiger charge is 2.16. The summed E-state index contributed by atoms with van der Waals surface area (Å²) < 4.78 is 23.1. The lowest BCUT2D eigenvalue weighted by molar-refractivity contribution is 0.0951. The van der Waals surface area contributed by atoms with Gasteiger partial charge in [-0.05, 0) is 61.1 Å². The Morgan fingerprint density at radius 1 is 1.03 bits per heavy atom. The molecule has 0 unspecified atom stereocenters. The number of rotatable bonds is 7. The summed E-state index contributed by atoms with van der Waals surface area (Å²) in [6.45, 7) is 0.833. The van der Waals surface area contributed by atoms with E-state index in [1.54, 1.807) is 18.2 Å². The van der Waals surface area contributed by atoms with E-state index < -0.39 is 9.84 Å². The van der Waals surface area contributed by atoms with Crippen molar-refractivity contribution in [1.29, 1.82) is 5.26 Å². The van der Waals surface area contributed by atoms with E-state index in [-0.39, 0.29) is 22.9 Å². The van der Waals surface area contributed by atoms with Gasteiger partial charge in [-0.15, -0.1) is 0 Å². The normalized spacial score (nSPS) is 11.3. The van der Waals surface area contributed by atoms with E-state index in [2.05, 4.69) is 11.4 Å². The second kappa shape index (κ2) is 10.6. The van der Waals surface area contributed by atoms with E-state index >= 15 is 0 Å². The lowest BCUT2D eigenvalue weighted by Crippen LogP contribution is -2.22. The maximum Gasteiger partial charge on any atom is 0.251 e. The molecule has 3 aromatic rings. The van der Waals surface area contributed by atoms with Crippen molar-refractivity contribution in [3.8, 4) is 17.2 Å². The van der Waals surface area contributed by atoms with Crippen LogP contribution in [0.2, 0.25) is 10.0 Å². The molecule has 0 aromatic heterocycles. The molecule has 0 bridgehead atoms. The largest absolute Gasteiger partial charge is 0.348 e. The minimum Gasteiger partial charge on any atom is -0.348 e. The van der Waals surface area contributed by atoms with Crippen molar-refractivity contribution >= 4 is 38.9 Å². The first-order valence-electron chi connectivity index (χ1n) is 10.2. The molecule has 0 aliphatic carbocycles. The van der Waals surface area contributed by atoms with Gasteiger partial charge in [-0.2, -0.15) is 5.26 Å². The summed E-state index contributed by atoms with van der Waals surface area (Å²) in [6.07, 6.45) is 1.14. The van der Waals surface area contributed by atoms with E-state index in [1.807, 2.05) is 31.1 Å². The minimum atomic E-state index is -3.28. The summed E-state index contributed by atoms with van der Waals surface area (Å²) in [5, 5.41) is 12.9. The Bertz CT molecular complexity index is 1360. The summed E-state index contributed by atoms with van der Waals surface area (Å²) in [6, 6.07) is 17.0. The highest BCUT2D eigenvalue weighted by atomic mass is 35.5. The van der Waals surface area contributed by atoms with Gasteiger partial charge in [0.2, 0.25) is 0 Å². The maximum absolute atomic E-state index is 12.7. The quantitative estimate of drug-likeness (QED) is 0.481. The predicted octanol–water partition coefficient (Wildman–Crippen LogP) is 4.93. The van der Waals surface area contributed by atoms with Crippen LogP contribution in [0, 0.1) is 11.3 Å². The summed E-state index contributed by atoms with van der Waals surface area (Å²) in [4.78, 5) is 14.9. The molecule has 0 heterocycles. The molecule has 0 fully saturated rings. The lowest BCUT2D eigenvalue weighted by Gasteiger charge is -2.14. The van der Waals surface area contributed by atoms with Gasteiger partial charge in [0, 0.05) is 30.5 Å². The van der Waals surface area contributed by atoms with Crippen LogP contribution in [0.25, 0.3) is 11.1 Å². The molecule has 0 saturated carbocycles. The first-order chi connectivity index (χ1) is 16.0. The van der Waals surface area contributed by atoms with Gasteiger partial charge in [-0.3, -0.25) is 4.79 Å². The smallest absolute Gasteiger partial charge is 0.251 e. The molecule has 0 atom stereocenters. The minimum absolute atomic E-state index is 0.207. The highest BCUT2D eigenvalue weighted by molar-refractivity contribution is 7.90.